The number of hydrogen-bond acceptors (Lipinski definition) is 2. The van der Waals surface area contributed by atoms with Crippen LogP contribution in [0.15, 0.2) is 34.9 Å². The SMILES string of the molecule is CCc1ccccc1C(NC)c1c(Br)cnn1CC. The van der Waals surface area contributed by atoms with Crippen LogP contribution in [0.4, 0.5) is 0 Å². The number of aromatic nitrogens is 2. The molecule has 4 heteroatoms. The number of hydrogen-bond donors (Lipinski definition) is 1. The second-order valence-electron chi connectivity index (χ2n) is 4.47. The summed E-state index contributed by atoms with van der Waals surface area (Å²) >= 11 is 3.62. The molecular formula is C15H20BrN3. The zero-order valence-electron chi connectivity index (χ0n) is 11.7. The van der Waals surface area contributed by atoms with E-state index in [1.54, 1.807) is 0 Å². The van der Waals surface area contributed by atoms with Crippen LogP contribution in [0.25, 0.3) is 0 Å². The Bertz CT molecular complexity index is 548. The zero-order valence-corrected chi connectivity index (χ0v) is 13.2. The average molecular weight is 322 g/mol. The topological polar surface area (TPSA) is 29.9 Å². The Hall–Kier alpha value is -1.13. The van der Waals surface area contributed by atoms with Crippen molar-refractivity contribution < 1.29 is 0 Å². The average Bonchev–Trinajstić information content (AvgIpc) is 2.82. The van der Waals surface area contributed by atoms with Gasteiger partial charge in [0.05, 0.1) is 22.4 Å². The van der Waals surface area contributed by atoms with Gasteiger partial charge >= 0.3 is 0 Å². The minimum absolute atomic E-state index is 0.160. The Labute approximate surface area is 123 Å². The van der Waals surface area contributed by atoms with Gasteiger partial charge in [-0.1, -0.05) is 31.2 Å². The minimum Gasteiger partial charge on any atom is -0.308 e. The molecule has 0 fully saturated rings. The van der Waals surface area contributed by atoms with Crippen LogP contribution in [-0.2, 0) is 13.0 Å². The Morgan fingerprint density at radius 3 is 2.68 bits per heavy atom. The van der Waals surface area contributed by atoms with Crippen LogP contribution in [0.5, 0.6) is 0 Å². The van der Waals surface area contributed by atoms with E-state index >= 15 is 0 Å². The number of nitrogens with one attached hydrogen (secondary N) is 1. The van der Waals surface area contributed by atoms with Gasteiger partial charge in [-0.3, -0.25) is 4.68 Å². The highest BCUT2D eigenvalue weighted by Crippen LogP contribution is 2.30. The molecule has 1 heterocycles. The molecule has 102 valence electrons. The van der Waals surface area contributed by atoms with Gasteiger partial charge in [-0.2, -0.15) is 5.10 Å². The lowest BCUT2D eigenvalue weighted by molar-refractivity contribution is 0.559. The van der Waals surface area contributed by atoms with Crippen molar-refractivity contribution >= 4 is 15.9 Å². The minimum atomic E-state index is 0.160. The smallest absolute Gasteiger partial charge is 0.0760 e. The van der Waals surface area contributed by atoms with Crippen molar-refractivity contribution in [3.05, 3.63) is 51.8 Å². The summed E-state index contributed by atoms with van der Waals surface area (Å²) in [5.41, 5.74) is 3.88. The van der Waals surface area contributed by atoms with E-state index in [1.165, 1.54) is 16.8 Å². The maximum Gasteiger partial charge on any atom is 0.0760 e. The standard InChI is InChI=1S/C15H20BrN3/c1-4-11-8-6-7-9-12(11)14(17-3)15-13(16)10-18-19(15)5-2/h6-10,14,17H,4-5H2,1-3H3. The Morgan fingerprint density at radius 2 is 2.05 bits per heavy atom. The maximum atomic E-state index is 4.41. The maximum absolute atomic E-state index is 4.41. The van der Waals surface area contributed by atoms with Gasteiger partial charge in [-0.15, -0.1) is 0 Å². The van der Waals surface area contributed by atoms with Gasteiger partial charge < -0.3 is 5.32 Å². The third-order valence-electron chi connectivity index (χ3n) is 3.44. The number of rotatable bonds is 5. The van der Waals surface area contributed by atoms with Crippen molar-refractivity contribution in [2.24, 2.45) is 0 Å². The van der Waals surface area contributed by atoms with Gasteiger partial charge in [-0.05, 0) is 47.4 Å². The summed E-state index contributed by atoms with van der Waals surface area (Å²) in [4.78, 5) is 0. The van der Waals surface area contributed by atoms with Gasteiger partial charge in [0.1, 0.15) is 0 Å². The largest absolute Gasteiger partial charge is 0.308 e. The summed E-state index contributed by atoms with van der Waals surface area (Å²) in [6.07, 6.45) is 2.91. The molecule has 0 amide bonds. The van der Waals surface area contributed by atoms with Crippen LogP contribution in [0.3, 0.4) is 0 Å². The van der Waals surface area contributed by atoms with Crippen molar-refractivity contribution in [1.82, 2.24) is 15.1 Å². The molecule has 1 atom stereocenters. The van der Waals surface area contributed by atoms with Gasteiger partial charge in [-0.25, -0.2) is 0 Å². The summed E-state index contributed by atoms with van der Waals surface area (Å²) < 4.78 is 3.09. The van der Waals surface area contributed by atoms with E-state index in [9.17, 15) is 0 Å². The van der Waals surface area contributed by atoms with Crippen molar-refractivity contribution in [1.29, 1.82) is 0 Å². The van der Waals surface area contributed by atoms with E-state index in [0.717, 1.165) is 17.4 Å². The number of halogens is 1. The van der Waals surface area contributed by atoms with Gasteiger partial charge in [0.2, 0.25) is 0 Å². The molecular weight excluding hydrogens is 302 g/mol. The molecule has 19 heavy (non-hydrogen) atoms. The molecule has 0 aliphatic rings. The monoisotopic (exact) mass is 321 g/mol. The highest BCUT2D eigenvalue weighted by atomic mass is 79.9. The molecule has 1 aromatic heterocycles. The fourth-order valence-electron chi connectivity index (χ4n) is 2.49. The summed E-state index contributed by atoms with van der Waals surface area (Å²) in [5, 5.41) is 7.83. The third-order valence-corrected chi connectivity index (χ3v) is 4.05. The first-order valence-electron chi connectivity index (χ1n) is 6.69. The van der Waals surface area contributed by atoms with Gasteiger partial charge in [0.15, 0.2) is 0 Å². The quantitative estimate of drug-likeness (QED) is 0.912. The normalized spacial score (nSPS) is 12.6. The van der Waals surface area contributed by atoms with Crippen molar-refractivity contribution in [3.8, 4) is 0 Å². The Balaban J connectivity index is 2.53. The molecule has 0 spiro atoms. The second kappa shape index (κ2) is 6.35. The predicted molar refractivity (Wildman–Crippen MR) is 82.3 cm³/mol. The van der Waals surface area contributed by atoms with E-state index in [0.29, 0.717) is 0 Å². The first-order valence-corrected chi connectivity index (χ1v) is 7.48. The molecule has 1 aromatic carbocycles. The molecule has 0 bridgehead atoms. The molecule has 2 aromatic rings. The number of nitrogens with zero attached hydrogens (tertiary/aromatic N) is 2. The second-order valence-corrected chi connectivity index (χ2v) is 5.32. The number of aryl methyl sites for hydroxylation is 2. The summed E-state index contributed by atoms with van der Waals surface area (Å²) in [7, 11) is 2.00. The van der Waals surface area contributed by atoms with E-state index in [2.05, 4.69) is 64.5 Å². The highest BCUT2D eigenvalue weighted by molar-refractivity contribution is 9.10. The van der Waals surface area contributed by atoms with Crippen LogP contribution in [-0.4, -0.2) is 16.8 Å². The summed E-state index contributed by atoms with van der Waals surface area (Å²) in [5.74, 6) is 0. The van der Waals surface area contributed by atoms with Crippen LogP contribution >= 0.6 is 15.9 Å². The third kappa shape index (κ3) is 2.74. The van der Waals surface area contributed by atoms with Crippen molar-refractivity contribution in [2.45, 2.75) is 32.9 Å². The van der Waals surface area contributed by atoms with E-state index in [1.807, 2.05) is 17.9 Å². The highest BCUT2D eigenvalue weighted by Gasteiger charge is 2.21. The Kier molecular flexibility index (Phi) is 4.77. The molecule has 1 unspecified atom stereocenters. The van der Waals surface area contributed by atoms with Crippen LogP contribution < -0.4 is 5.32 Å². The fraction of sp³-hybridized carbons (Fsp3) is 0.400. The van der Waals surface area contributed by atoms with E-state index in [4.69, 9.17) is 0 Å². The lowest BCUT2D eigenvalue weighted by Gasteiger charge is -2.21. The molecule has 0 saturated heterocycles. The molecule has 0 aliphatic carbocycles. The summed E-state index contributed by atoms with van der Waals surface area (Å²) in [6.45, 7) is 5.17. The van der Waals surface area contributed by atoms with Gasteiger partial charge in [0.25, 0.3) is 0 Å². The molecule has 2 rings (SSSR count). The van der Waals surface area contributed by atoms with E-state index in [-0.39, 0.29) is 6.04 Å². The van der Waals surface area contributed by atoms with E-state index < -0.39 is 0 Å². The zero-order chi connectivity index (χ0) is 13.8. The lowest BCUT2D eigenvalue weighted by Crippen LogP contribution is -2.23. The predicted octanol–water partition coefficient (Wildman–Crippen LogP) is 3.54. The Morgan fingerprint density at radius 1 is 1.32 bits per heavy atom. The summed E-state index contributed by atoms with van der Waals surface area (Å²) in [6, 6.07) is 8.74. The first kappa shape index (κ1) is 14.3. The molecule has 1 N–H and O–H groups in total. The fourth-order valence-corrected chi connectivity index (χ4v) is 3.01. The number of benzene rings is 1. The molecule has 0 aliphatic heterocycles. The van der Waals surface area contributed by atoms with Crippen molar-refractivity contribution in [3.63, 3.8) is 0 Å². The molecule has 0 saturated carbocycles. The molecule has 0 radical (unpaired) electrons. The van der Waals surface area contributed by atoms with Crippen LogP contribution in [0.2, 0.25) is 0 Å². The lowest BCUT2D eigenvalue weighted by atomic mass is 9.96. The van der Waals surface area contributed by atoms with Gasteiger partial charge in [0, 0.05) is 6.54 Å². The first-order chi connectivity index (χ1) is 9.22. The van der Waals surface area contributed by atoms with Crippen LogP contribution in [0.1, 0.15) is 36.7 Å². The van der Waals surface area contributed by atoms with Crippen molar-refractivity contribution in [2.75, 3.05) is 7.05 Å². The molecule has 3 nitrogen and oxygen atoms in total. The van der Waals surface area contributed by atoms with Crippen LogP contribution in [0, 0.1) is 0 Å².